The minimum absolute atomic E-state index is 0.0411. The Morgan fingerprint density at radius 2 is 1.83 bits per heavy atom. The number of allylic oxidation sites excluding steroid dienone is 2. The highest BCUT2D eigenvalue weighted by Crippen LogP contribution is 2.32. The molecule has 0 bridgehead atoms. The molecule has 0 spiro atoms. The maximum absolute atomic E-state index is 6.35. The van der Waals surface area contributed by atoms with Gasteiger partial charge in [-0.05, 0) is 30.0 Å². The molecule has 1 unspecified atom stereocenters. The summed E-state index contributed by atoms with van der Waals surface area (Å²) in [6.45, 7) is 4.07. The molecule has 0 amide bonds. The SMILES string of the molecule is CC1(C2C=CC=CN2Cc2ccc(Cl)c3ccccc23)OCCO1. The summed E-state index contributed by atoms with van der Waals surface area (Å²) in [5, 5.41) is 3.06. The summed E-state index contributed by atoms with van der Waals surface area (Å²) < 4.78 is 11.8. The second-order valence-corrected chi connectivity index (χ2v) is 6.72. The molecule has 2 heterocycles. The van der Waals surface area contributed by atoms with Gasteiger partial charge in [-0.3, -0.25) is 0 Å². The standard InChI is InChI=1S/C20H20ClNO2/c1-20(23-12-13-24-20)19-8-4-5-11-22(19)14-15-9-10-18(21)17-7-3-2-6-16(15)17/h2-11,19H,12-14H2,1H3. The highest BCUT2D eigenvalue weighted by atomic mass is 35.5. The molecule has 1 fully saturated rings. The fraction of sp³-hybridized carbons (Fsp3) is 0.300. The molecule has 4 heteroatoms. The zero-order chi connectivity index (χ0) is 16.6. The Bertz CT molecular complexity index is 808. The van der Waals surface area contributed by atoms with E-state index in [1.165, 1.54) is 10.9 Å². The number of rotatable bonds is 3. The predicted molar refractivity (Wildman–Crippen MR) is 96.9 cm³/mol. The van der Waals surface area contributed by atoms with Crippen molar-refractivity contribution in [1.29, 1.82) is 0 Å². The summed E-state index contributed by atoms with van der Waals surface area (Å²) in [5.74, 6) is -0.608. The van der Waals surface area contributed by atoms with Crippen LogP contribution in [-0.2, 0) is 16.0 Å². The van der Waals surface area contributed by atoms with Crippen molar-refractivity contribution in [2.45, 2.75) is 25.3 Å². The van der Waals surface area contributed by atoms with Crippen LogP contribution in [0.4, 0.5) is 0 Å². The first-order valence-electron chi connectivity index (χ1n) is 8.22. The first-order valence-corrected chi connectivity index (χ1v) is 8.60. The maximum Gasteiger partial charge on any atom is 0.189 e. The number of ether oxygens (including phenoxy) is 2. The van der Waals surface area contributed by atoms with Crippen molar-refractivity contribution in [3.63, 3.8) is 0 Å². The molecule has 0 radical (unpaired) electrons. The molecule has 3 nitrogen and oxygen atoms in total. The Morgan fingerprint density at radius 3 is 2.62 bits per heavy atom. The lowest BCUT2D eigenvalue weighted by Crippen LogP contribution is -2.49. The second-order valence-electron chi connectivity index (χ2n) is 6.31. The topological polar surface area (TPSA) is 21.7 Å². The molecule has 1 atom stereocenters. The van der Waals surface area contributed by atoms with Gasteiger partial charge in [0.05, 0.1) is 13.2 Å². The fourth-order valence-electron chi connectivity index (χ4n) is 3.52. The van der Waals surface area contributed by atoms with Gasteiger partial charge in [-0.2, -0.15) is 0 Å². The van der Waals surface area contributed by atoms with Crippen LogP contribution in [0.5, 0.6) is 0 Å². The molecule has 1 saturated heterocycles. The van der Waals surface area contributed by atoms with E-state index in [0.717, 1.165) is 17.0 Å². The van der Waals surface area contributed by atoms with Crippen molar-refractivity contribution in [3.8, 4) is 0 Å². The van der Waals surface area contributed by atoms with Gasteiger partial charge in [0.1, 0.15) is 6.04 Å². The van der Waals surface area contributed by atoms with Crippen molar-refractivity contribution in [2.24, 2.45) is 0 Å². The molecule has 0 aliphatic carbocycles. The predicted octanol–water partition coefficient (Wildman–Crippen LogP) is 4.51. The molecule has 4 rings (SSSR count). The van der Waals surface area contributed by atoms with Gasteiger partial charge in [-0.1, -0.05) is 54.1 Å². The Morgan fingerprint density at radius 1 is 1.08 bits per heavy atom. The Hall–Kier alpha value is -1.81. The lowest BCUT2D eigenvalue weighted by atomic mass is 10.0. The average molecular weight is 342 g/mol. The largest absolute Gasteiger partial charge is 0.361 e. The Kier molecular flexibility index (Phi) is 4.09. The van der Waals surface area contributed by atoms with Crippen molar-refractivity contribution in [2.75, 3.05) is 13.2 Å². The molecule has 0 aromatic heterocycles. The third-order valence-electron chi connectivity index (χ3n) is 4.75. The molecule has 2 aromatic rings. The summed E-state index contributed by atoms with van der Waals surface area (Å²) in [7, 11) is 0. The zero-order valence-electron chi connectivity index (χ0n) is 13.6. The number of halogens is 1. The van der Waals surface area contributed by atoms with Gasteiger partial charge >= 0.3 is 0 Å². The number of hydrogen-bond acceptors (Lipinski definition) is 3. The lowest BCUT2D eigenvalue weighted by Gasteiger charge is -2.39. The van der Waals surface area contributed by atoms with E-state index in [0.29, 0.717) is 13.2 Å². The molecular formula is C20H20ClNO2. The molecule has 2 aliphatic heterocycles. The van der Waals surface area contributed by atoms with Crippen LogP contribution in [-0.4, -0.2) is 29.9 Å². The summed E-state index contributed by atoms with van der Waals surface area (Å²) in [6, 6.07) is 12.4. The highest BCUT2D eigenvalue weighted by molar-refractivity contribution is 6.35. The lowest BCUT2D eigenvalue weighted by molar-refractivity contribution is -0.173. The quantitative estimate of drug-likeness (QED) is 0.819. The van der Waals surface area contributed by atoms with Crippen LogP contribution in [0.15, 0.2) is 60.8 Å². The Labute approximate surface area is 147 Å². The zero-order valence-corrected chi connectivity index (χ0v) is 14.4. The second kappa shape index (κ2) is 6.25. The minimum Gasteiger partial charge on any atom is -0.361 e. The van der Waals surface area contributed by atoms with E-state index >= 15 is 0 Å². The van der Waals surface area contributed by atoms with Crippen LogP contribution in [0.25, 0.3) is 10.8 Å². The van der Waals surface area contributed by atoms with Crippen LogP contribution in [0.2, 0.25) is 5.02 Å². The normalized spacial score (nSPS) is 22.4. The Balaban J connectivity index is 1.68. The monoisotopic (exact) mass is 341 g/mol. The molecular weight excluding hydrogens is 322 g/mol. The fourth-order valence-corrected chi connectivity index (χ4v) is 3.75. The first kappa shape index (κ1) is 15.7. The third kappa shape index (κ3) is 2.73. The van der Waals surface area contributed by atoms with E-state index in [9.17, 15) is 0 Å². The van der Waals surface area contributed by atoms with Gasteiger partial charge in [0.2, 0.25) is 0 Å². The van der Waals surface area contributed by atoms with E-state index in [1.54, 1.807) is 0 Å². The minimum atomic E-state index is -0.608. The molecule has 24 heavy (non-hydrogen) atoms. The summed E-state index contributed by atoms with van der Waals surface area (Å²) in [6.07, 6.45) is 8.35. The van der Waals surface area contributed by atoms with E-state index < -0.39 is 5.79 Å². The smallest absolute Gasteiger partial charge is 0.189 e. The van der Waals surface area contributed by atoms with Gasteiger partial charge < -0.3 is 14.4 Å². The van der Waals surface area contributed by atoms with Gasteiger partial charge in [-0.25, -0.2) is 0 Å². The van der Waals surface area contributed by atoms with Crippen LogP contribution in [0, 0.1) is 0 Å². The number of hydrogen-bond donors (Lipinski definition) is 0. The van der Waals surface area contributed by atoms with Crippen LogP contribution >= 0.6 is 11.6 Å². The van der Waals surface area contributed by atoms with Crippen molar-refractivity contribution in [3.05, 3.63) is 71.4 Å². The van der Waals surface area contributed by atoms with E-state index in [-0.39, 0.29) is 6.04 Å². The van der Waals surface area contributed by atoms with E-state index in [4.69, 9.17) is 21.1 Å². The summed E-state index contributed by atoms with van der Waals surface area (Å²) in [4.78, 5) is 2.26. The van der Waals surface area contributed by atoms with E-state index in [2.05, 4.69) is 47.5 Å². The molecule has 2 aromatic carbocycles. The van der Waals surface area contributed by atoms with Gasteiger partial charge in [0.15, 0.2) is 5.79 Å². The van der Waals surface area contributed by atoms with Crippen LogP contribution in [0.1, 0.15) is 12.5 Å². The average Bonchev–Trinajstić information content (AvgIpc) is 3.06. The molecule has 0 saturated carbocycles. The number of benzene rings is 2. The maximum atomic E-state index is 6.35. The van der Waals surface area contributed by atoms with Gasteiger partial charge in [-0.15, -0.1) is 0 Å². The van der Waals surface area contributed by atoms with Crippen molar-refractivity contribution < 1.29 is 9.47 Å². The highest BCUT2D eigenvalue weighted by Gasteiger charge is 2.41. The number of nitrogens with zero attached hydrogens (tertiary/aromatic N) is 1. The van der Waals surface area contributed by atoms with Crippen molar-refractivity contribution in [1.82, 2.24) is 4.90 Å². The summed E-state index contributed by atoms with van der Waals surface area (Å²) >= 11 is 6.35. The van der Waals surface area contributed by atoms with Gasteiger partial charge in [0.25, 0.3) is 0 Å². The molecule has 124 valence electrons. The van der Waals surface area contributed by atoms with E-state index in [1.807, 2.05) is 25.1 Å². The molecule has 2 aliphatic rings. The number of fused-ring (bicyclic) bond motifs is 1. The van der Waals surface area contributed by atoms with Crippen LogP contribution in [0.3, 0.4) is 0 Å². The summed E-state index contributed by atoms with van der Waals surface area (Å²) in [5.41, 5.74) is 1.24. The van der Waals surface area contributed by atoms with Crippen LogP contribution < -0.4 is 0 Å². The third-order valence-corrected chi connectivity index (χ3v) is 5.08. The van der Waals surface area contributed by atoms with Gasteiger partial charge in [0, 0.05) is 23.2 Å². The molecule has 0 N–H and O–H groups in total. The van der Waals surface area contributed by atoms with Crippen molar-refractivity contribution >= 4 is 22.4 Å². The first-order chi connectivity index (χ1) is 11.7.